The van der Waals surface area contributed by atoms with Gasteiger partial charge >= 0.3 is 0 Å². The minimum absolute atomic E-state index is 0.191. The Morgan fingerprint density at radius 2 is 2.22 bits per heavy atom. The van der Waals surface area contributed by atoms with Gasteiger partial charge in [-0.25, -0.2) is 18.1 Å². The van der Waals surface area contributed by atoms with Crippen molar-refractivity contribution in [3.8, 4) is 0 Å². The van der Waals surface area contributed by atoms with Gasteiger partial charge in [0.05, 0.1) is 6.20 Å². The van der Waals surface area contributed by atoms with Crippen molar-refractivity contribution in [1.29, 1.82) is 0 Å². The highest BCUT2D eigenvalue weighted by atomic mass is 35.5. The van der Waals surface area contributed by atoms with Crippen LogP contribution in [-0.2, 0) is 10.0 Å². The van der Waals surface area contributed by atoms with Crippen molar-refractivity contribution in [3.05, 3.63) is 10.7 Å². The highest BCUT2D eigenvalue weighted by Crippen LogP contribution is 2.29. The van der Waals surface area contributed by atoms with Crippen LogP contribution in [0.1, 0.15) is 32.6 Å². The molecular weight excluding hydrogens is 292 g/mol. The summed E-state index contributed by atoms with van der Waals surface area (Å²) < 4.78 is 27.1. The van der Waals surface area contributed by atoms with Gasteiger partial charge in [0, 0.05) is 6.54 Å². The number of hydrogen-bond acceptors (Lipinski definition) is 4. The first-order chi connectivity index (χ1) is 8.49. The van der Waals surface area contributed by atoms with Crippen LogP contribution in [0.5, 0.6) is 0 Å². The minimum atomic E-state index is -3.44. The van der Waals surface area contributed by atoms with Crippen LogP contribution in [0.15, 0.2) is 10.4 Å². The number of aromatic nitrogens is 1. The van der Waals surface area contributed by atoms with Gasteiger partial charge in [0.2, 0.25) is 0 Å². The molecule has 4 nitrogen and oxygen atoms in total. The molecule has 0 aliphatic heterocycles. The van der Waals surface area contributed by atoms with Crippen molar-refractivity contribution < 1.29 is 8.42 Å². The van der Waals surface area contributed by atoms with E-state index in [0.717, 1.165) is 17.8 Å². The quantitative estimate of drug-likeness (QED) is 0.930. The van der Waals surface area contributed by atoms with Gasteiger partial charge < -0.3 is 0 Å². The fourth-order valence-electron chi connectivity index (χ4n) is 2.35. The zero-order valence-corrected chi connectivity index (χ0v) is 12.6. The lowest BCUT2D eigenvalue weighted by Gasteiger charge is -2.28. The maximum atomic E-state index is 12.0. The molecule has 1 aromatic rings. The Morgan fingerprint density at radius 3 is 2.83 bits per heavy atom. The largest absolute Gasteiger partial charge is 0.251 e. The second-order valence-corrected chi connectivity index (χ2v) is 8.41. The molecule has 1 fully saturated rings. The predicted molar refractivity (Wildman–Crippen MR) is 73.4 cm³/mol. The van der Waals surface area contributed by atoms with Gasteiger partial charge in [-0.05, 0) is 18.3 Å². The van der Waals surface area contributed by atoms with Crippen molar-refractivity contribution in [2.24, 2.45) is 11.8 Å². The van der Waals surface area contributed by atoms with Gasteiger partial charge in [-0.2, -0.15) is 0 Å². The number of nitrogens with one attached hydrogen (secondary N) is 1. The summed E-state index contributed by atoms with van der Waals surface area (Å²) in [7, 11) is -3.44. The lowest BCUT2D eigenvalue weighted by atomic mass is 9.81. The number of sulfonamides is 1. The molecule has 0 amide bonds. The topological polar surface area (TPSA) is 59.1 Å². The molecule has 102 valence electrons. The number of thiazole rings is 1. The molecule has 0 spiro atoms. The van der Waals surface area contributed by atoms with Crippen LogP contribution < -0.4 is 4.72 Å². The van der Waals surface area contributed by atoms with E-state index in [1.165, 1.54) is 25.5 Å². The Hall–Kier alpha value is -0.170. The molecule has 1 aromatic heterocycles. The van der Waals surface area contributed by atoms with Crippen molar-refractivity contribution in [1.82, 2.24) is 9.71 Å². The minimum Gasteiger partial charge on any atom is -0.232 e. The first-order valence-electron chi connectivity index (χ1n) is 6.10. The van der Waals surface area contributed by atoms with E-state index in [4.69, 9.17) is 11.6 Å². The van der Waals surface area contributed by atoms with E-state index in [0.29, 0.717) is 18.4 Å². The van der Waals surface area contributed by atoms with Crippen LogP contribution >= 0.6 is 22.9 Å². The van der Waals surface area contributed by atoms with Crippen molar-refractivity contribution in [2.75, 3.05) is 6.54 Å². The van der Waals surface area contributed by atoms with Crippen LogP contribution in [-0.4, -0.2) is 19.9 Å². The fourth-order valence-corrected chi connectivity index (χ4v) is 4.78. The van der Waals surface area contributed by atoms with E-state index in [-0.39, 0.29) is 8.68 Å². The summed E-state index contributed by atoms with van der Waals surface area (Å²) in [5.74, 6) is 1.03. The highest BCUT2D eigenvalue weighted by Gasteiger charge is 2.24. The summed E-state index contributed by atoms with van der Waals surface area (Å²) in [5, 5.41) is 0. The Morgan fingerprint density at radius 1 is 1.50 bits per heavy atom. The number of halogens is 1. The van der Waals surface area contributed by atoms with Crippen molar-refractivity contribution >= 4 is 33.0 Å². The molecule has 0 saturated heterocycles. The summed E-state index contributed by atoms with van der Waals surface area (Å²) in [5.41, 5.74) is 0. The molecule has 7 heteroatoms. The van der Waals surface area contributed by atoms with Gasteiger partial charge in [-0.15, -0.1) is 0 Å². The van der Waals surface area contributed by atoms with Gasteiger partial charge in [-0.1, -0.05) is 49.1 Å². The van der Waals surface area contributed by atoms with E-state index < -0.39 is 10.0 Å². The third-order valence-electron chi connectivity index (χ3n) is 3.55. The molecule has 0 bridgehead atoms. The summed E-state index contributed by atoms with van der Waals surface area (Å²) >= 11 is 6.64. The second kappa shape index (κ2) is 5.86. The molecule has 2 rings (SSSR count). The zero-order chi connectivity index (χ0) is 13.2. The third kappa shape index (κ3) is 3.44. The summed E-state index contributed by atoms with van der Waals surface area (Å²) in [6.45, 7) is 2.71. The summed E-state index contributed by atoms with van der Waals surface area (Å²) in [4.78, 5) is 3.76. The molecule has 2 unspecified atom stereocenters. The number of nitrogens with zero attached hydrogens (tertiary/aromatic N) is 1. The van der Waals surface area contributed by atoms with Crippen LogP contribution in [0.4, 0.5) is 0 Å². The molecular formula is C11H17ClN2O2S2. The molecule has 1 saturated carbocycles. The Bertz CT molecular complexity index is 501. The molecule has 0 radical (unpaired) electrons. The monoisotopic (exact) mass is 308 g/mol. The SMILES string of the molecule is CC1CCCCC1CNS(=O)(=O)c1cnc(Cl)s1. The average molecular weight is 309 g/mol. The molecule has 1 aliphatic carbocycles. The third-order valence-corrected chi connectivity index (χ3v) is 6.55. The normalized spacial score (nSPS) is 25.2. The Balaban J connectivity index is 1.96. The molecule has 1 heterocycles. The Labute approximate surface area is 117 Å². The van der Waals surface area contributed by atoms with Crippen LogP contribution in [0.3, 0.4) is 0 Å². The zero-order valence-electron chi connectivity index (χ0n) is 10.2. The fraction of sp³-hybridized carbons (Fsp3) is 0.727. The van der Waals surface area contributed by atoms with E-state index in [9.17, 15) is 8.42 Å². The van der Waals surface area contributed by atoms with Crippen LogP contribution in [0, 0.1) is 11.8 Å². The van der Waals surface area contributed by atoms with Gasteiger partial charge in [0.25, 0.3) is 10.0 Å². The summed E-state index contributed by atoms with van der Waals surface area (Å²) in [6.07, 6.45) is 6.06. The van der Waals surface area contributed by atoms with Gasteiger partial charge in [0.15, 0.2) is 8.68 Å². The van der Waals surface area contributed by atoms with E-state index in [2.05, 4.69) is 16.6 Å². The lowest BCUT2D eigenvalue weighted by Crippen LogP contribution is -2.33. The maximum Gasteiger partial charge on any atom is 0.251 e. The molecule has 1 aliphatic rings. The van der Waals surface area contributed by atoms with Crippen molar-refractivity contribution in [2.45, 2.75) is 36.8 Å². The lowest BCUT2D eigenvalue weighted by molar-refractivity contribution is 0.257. The number of rotatable bonds is 4. The van der Waals surface area contributed by atoms with E-state index in [1.807, 2.05) is 0 Å². The first kappa shape index (κ1) is 14.2. The average Bonchev–Trinajstić information content (AvgIpc) is 2.76. The molecule has 18 heavy (non-hydrogen) atoms. The molecule has 0 aromatic carbocycles. The molecule has 2 atom stereocenters. The second-order valence-electron chi connectivity index (χ2n) is 4.81. The van der Waals surface area contributed by atoms with E-state index >= 15 is 0 Å². The van der Waals surface area contributed by atoms with Gasteiger partial charge in [0.1, 0.15) is 0 Å². The summed E-state index contributed by atoms with van der Waals surface area (Å²) in [6, 6.07) is 0. The maximum absolute atomic E-state index is 12.0. The van der Waals surface area contributed by atoms with Crippen LogP contribution in [0.25, 0.3) is 0 Å². The predicted octanol–water partition coefficient (Wildman–Crippen LogP) is 2.90. The van der Waals surface area contributed by atoms with Crippen LogP contribution in [0.2, 0.25) is 4.47 Å². The van der Waals surface area contributed by atoms with Gasteiger partial charge in [-0.3, -0.25) is 0 Å². The Kier molecular flexibility index (Phi) is 4.64. The van der Waals surface area contributed by atoms with Crippen molar-refractivity contribution in [3.63, 3.8) is 0 Å². The van der Waals surface area contributed by atoms with E-state index in [1.54, 1.807) is 0 Å². The number of hydrogen-bond donors (Lipinski definition) is 1. The first-order valence-corrected chi connectivity index (χ1v) is 8.78. The smallest absolute Gasteiger partial charge is 0.232 e. The highest BCUT2D eigenvalue weighted by molar-refractivity contribution is 7.91. The molecule has 1 N–H and O–H groups in total. The standard InChI is InChI=1S/C11H17ClN2O2S2/c1-8-4-2-3-5-9(8)6-14-18(15,16)10-7-13-11(12)17-10/h7-9,14H,2-6H2,1H3.